The molecule has 0 aliphatic carbocycles. The molecule has 128 valence electrons. The van der Waals surface area contributed by atoms with Gasteiger partial charge in [-0.05, 0) is 43.6 Å². The Labute approximate surface area is 146 Å². The summed E-state index contributed by atoms with van der Waals surface area (Å²) in [7, 11) is 0. The van der Waals surface area contributed by atoms with Gasteiger partial charge >= 0.3 is 0 Å². The normalized spacial score (nSPS) is 15.3. The second-order valence-corrected chi connectivity index (χ2v) is 7.11. The molecule has 24 heavy (non-hydrogen) atoms. The number of benzene rings is 1. The number of nitrogens with two attached hydrogens (primary N) is 1. The van der Waals surface area contributed by atoms with Crippen LogP contribution in [0.3, 0.4) is 0 Å². The second-order valence-electron chi connectivity index (χ2n) is 6.22. The fraction of sp³-hybridized carbons (Fsp3) is 0.444. The highest BCUT2D eigenvalue weighted by Gasteiger charge is 2.11. The number of carbonyl (C=O) groups is 1. The van der Waals surface area contributed by atoms with Gasteiger partial charge < -0.3 is 11.1 Å². The van der Waals surface area contributed by atoms with E-state index in [-0.39, 0.29) is 5.91 Å². The highest BCUT2D eigenvalue weighted by molar-refractivity contribution is 7.13. The van der Waals surface area contributed by atoms with Gasteiger partial charge in [-0.25, -0.2) is 4.98 Å². The number of likely N-dealkylation sites (tertiary alicyclic amines) is 1. The molecule has 0 unspecified atom stereocenters. The summed E-state index contributed by atoms with van der Waals surface area (Å²) in [6.07, 6.45) is 4.64. The minimum absolute atomic E-state index is 0.0391. The molecule has 0 atom stereocenters. The number of nitrogens with zero attached hydrogens (tertiary/aromatic N) is 2. The van der Waals surface area contributed by atoms with E-state index in [1.165, 1.54) is 49.3 Å². The van der Waals surface area contributed by atoms with Crippen molar-refractivity contribution in [1.29, 1.82) is 0 Å². The molecule has 1 amide bonds. The number of thiazole rings is 1. The summed E-state index contributed by atoms with van der Waals surface area (Å²) in [5.74, 6) is -0.0391. The Morgan fingerprint density at radius 1 is 1.21 bits per heavy atom. The van der Waals surface area contributed by atoms with Gasteiger partial charge in [-0.15, -0.1) is 11.3 Å². The zero-order valence-corrected chi connectivity index (χ0v) is 14.6. The number of amides is 1. The van der Waals surface area contributed by atoms with E-state index in [0.29, 0.717) is 23.7 Å². The lowest BCUT2D eigenvalue weighted by Gasteiger charge is -2.26. The van der Waals surface area contributed by atoms with Gasteiger partial charge in [-0.3, -0.25) is 9.69 Å². The lowest BCUT2D eigenvalue weighted by molar-refractivity contribution is 0.0954. The average molecular weight is 344 g/mol. The molecule has 1 aromatic carbocycles. The number of nitrogens with one attached hydrogen (secondary N) is 1. The van der Waals surface area contributed by atoms with Gasteiger partial charge in [-0.2, -0.15) is 0 Å². The summed E-state index contributed by atoms with van der Waals surface area (Å²) < 4.78 is 0. The van der Waals surface area contributed by atoms with Crippen LogP contribution in [-0.4, -0.2) is 35.4 Å². The molecule has 0 saturated carbocycles. The van der Waals surface area contributed by atoms with Gasteiger partial charge in [0.1, 0.15) is 0 Å². The summed E-state index contributed by atoms with van der Waals surface area (Å²) in [4.78, 5) is 18.8. The van der Waals surface area contributed by atoms with Crippen LogP contribution < -0.4 is 11.1 Å². The van der Waals surface area contributed by atoms with Crippen LogP contribution in [0.1, 0.15) is 40.9 Å². The summed E-state index contributed by atoms with van der Waals surface area (Å²) >= 11 is 1.43. The van der Waals surface area contributed by atoms with Gasteiger partial charge in [0.05, 0.1) is 5.69 Å². The molecule has 1 saturated heterocycles. The molecule has 6 heteroatoms. The molecule has 1 aliphatic heterocycles. The predicted octanol–water partition coefficient (Wildman–Crippen LogP) is 2.68. The molecule has 1 fully saturated rings. The Bertz CT molecular complexity index is 662. The predicted molar refractivity (Wildman–Crippen MR) is 98.1 cm³/mol. The first-order valence-electron chi connectivity index (χ1n) is 8.50. The maximum absolute atomic E-state index is 12.2. The maximum atomic E-state index is 12.2. The Kier molecular flexibility index (Phi) is 5.82. The van der Waals surface area contributed by atoms with Crippen molar-refractivity contribution < 1.29 is 4.79 Å². The van der Waals surface area contributed by atoms with E-state index in [1.807, 2.05) is 17.5 Å². The molecule has 3 rings (SSSR count). The first-order chi connectivity index (χ1) is 11.7. The fourth-order valence-electron chi connectivity index (χ4n) is 2.98. The van der Waals surface area contributed by atoms with Crippen LogP contribution >= 0.6 is 11.3 Å². The molecule has 0 radical (unpaired) electrons. The van der Waals surface area contributed by atoms with Gasteiger partial charge in [0.15, 0.2) is 5.13 Å². The zero-order valence-electron chi connectivity index (χ0n) is 13.8. The largest absolute Gasteiger partial charge is 0.375 e. The smallest absolute Gasteiger partial charge is 0.251 e. The van der Waals surface area contributed by atoms with Crippen molar-refractivity contribution in [2.75, 3.05) is 25.4 Å². The van der Waals surface area contributed by atoms with Crippen LogP contribution in [0.5, 0.6) is 0 Å². The summed E-state index contributed by atoms with van der Waals surface area (Å²) in [6, 6.07) is 7.94. The number of rotatable bonds is 6. The van der Waals surface area contributed by atoms with Crippen LogP contribution in [0.25, 0.3) is 0 Å². The molecular formula is C18H24N4OS. The lowest BCUT2D eigenvalue weighted by atomic mass is 10.1. The molecule has 3 N–H and O–H groups in total. The van der Waals surface area contributed by atoms with Crippen molar-refractivity contribution in [2.45, 2.75) is 32.2 Å². The van der Waals surface area contributed by atoms with Crippen LogP contribution in [0.4, 0.5) is 5.13 Å². The van der Waals surface area contributed by atoms with Crippen LogP contribution in [-0.2, 0) is 13.0 Å². The summed E-state index contributed by atoms with van der Waals surface area (Å²) in [5, 5.41) is 5.43. The molecule has 1 aliphatic rings. The van der Waals surface area contributed by atoms with Crippen molar-refractivity contribution in [3.05, 3.63) is 46.5 Å². The lowest BCUT2D eigenvalue weighted by Crippen LogP contribution is -2.29. The Balaban J connectivity index is 1.46. The van der Waals surface area contributed by atoms with E-state index < -0.39 is 0 Å². The molecule has 2 aromatic rings. The first-order valence-corrected chi connectivity index (χ1v) is 9.38. The minimum Gasteiger partial charge on any atom is -0.375 e. The van der Waals surface area contributed by atoms with E-state index in [9.17, 15) is 4.79 Å². The third kappa shape index (κ3) is 4.79. The quantitative estimate of drug-likeness (QED) is 0.845. The fourth-order valence-corrected chi connectivity index (χ4v) is 3.58. The number of piperidine rings is 1. The van der Waals surface area contributed by atoms with Crippen molar-refractivity contribution in [3.63, 3.8) is 0 Å². The first kappa shape index (κ1) is 16.9. The Morgan fingerprint density at radius 3 is 2.62 bits per heavy atom. The zero-order chi connectivity index (χ0) is 16.8. The second kappa shape index (κ2) is 8.26. The maximum Gasteiger partial charge on any atom is 0.251 e. The van der Waals surface area contributed by atoms with Crippen molar-refractivity contribution in [1.82, 2.24) is 15.2 Å². The van der Waals surface area contributed by atoms with Crippen molar-refractivity contribution in [2.24, 2.45) is 0 Å². The van der Waals surface area contributed by atoms with Crippen LogP contribution in [0, 0.1) is 0 Å². The van der Waals surface area contributed by atoms with Gasteiger partial charge in [0.2, 0.25) is 0 Å². The molecule has 0 spiro atoms. The highest BCUT2D eigenvalue weighted by Crippen LogP contribution is 2.14. The number of carbonyl (C=O) groups excluding carboxylic acids is 1. The number of hydrogen-bond acceptors (Lipinski definition) is 5. The molecule has 5 nitrogen and oxygen atoms in total. The van der Waals surface area contributed by atoms with E-state index in [1.54, 1.807) is 0 Å². The molecule has 2 heterocycles. The number of anilines is 1. The topological polar surface area (TPSA) is 71.2 Å². The molecular weight excluding hydrogens is 320 g/mol. The molecule has 0 bridgehead atoms. The average Bonchev–Trinajstić information content (AvgIpc) is 3.02. The number of nitrogen functional groups attached to an aromatic ring is 1. The highest BCUT2D eigenvalue weighted by atomic mass is 32.1. The Morgan fingerprint density at radius 2 is 1.96 bits per heavy atom. The van der Waals surface area contributed by atoms with Crippen LogP contribution in [0.2, 0.25) is 0 Å². The van der Waals surface area contributed by atoms with E-state index >= 15 is 0 Å². The standard InChI is InChI=1S/C18H24N4OS/c19-18-21-16(13-24-18)8-9-20-17(23)15-6-4-14(5-7-15)12-22-10-2-1-3-11-22/h4-7,13H,1-3,8-12H2,(H2,19,21)(H,20,23). The third-order valence-corrected chi connectivity index (χ3v) is 5.03. The third-order valence-electron chi connectivity index (χ3n) is 4.31. The van der Waals surface area contributed by atoms with Crippen molar-refractivity contribution >= 4 is 22.4 Å². The van der Waals surface area contributed by atoms with Gasteiger partial charge in [-0.1, -0.05) is 18.6 Å². The summed E-state index contributed by atoms with van der Waals surface area (Å²) in [5.41, 5.74) is 8.50. The Hall–Kier alpha value is -1.92. The van der Waals surface area contributed by atoms with Crippen molar-refractivity contribution in [3.8, 4) is 0 Å². The van der Waals surface area contributed by atoms with E-state index in [0.717, 1.165) is 12.2 Å². The van der Waals surface area contributed by atoms with E-state index in [4.69, 9.17) is 5.73 Å². The number of hydrogen-bond donors (Lipinski definition) is 2. The van der Waals surface area contributed by atoms with Crippen LogP contribution in [0.15, 0.2) is 29.6 Å². The summed E-state index contributed by atoms with van der Waals surface area (Å²) in [6.45, 7) is 3.91. The molecule has 1 aromatic heterocycles. The minimum atomic E-state index is -0.0391. The van der Waals surface area contributed by atoms with Gasteiger partial charge in [0, 0.05) is 30.5 Å². The van der Waals surface area contributed by atoms with E-state index in [2.05, 4.69) is 27.3 Å². The number of aromatic nitrogens is 1. The SMILES string of the molecule is Nc1nc(CCNC(=O)c2ccc(CN3CCCCC3)cc2)cs1. The monoisotopic (exact) mass is 344 g/mol. The van der Waals surface area contributed by atoms with Gasteiger partial charge in [0.25, 0.3) is 5.91 Å².